The fourth-order valence-corrected chi connectivity index (χ4v) is 2.30. The molecule has 1 aliphatic heterocycles. The van der Waals surface area contributed by atoms with Gasteiger partial charge in [-0.15, -0.1) is 0 Å². The molecule has 88 valence electrons. The highest BCUT2D eigenvalue weighted by Crippen LogP contribution is 2.22. The lowest BCUT2D eigenvalue weighted by Gasteiger charge is -2.35. The topological polar surface area (TPSA) is 40.5 Å². The Morgan fingerprint density at radius 3 is 2.53 bits per heavy atom. The first-order valence-electron chi connectivity index (χ1n) is 5.71. The van der Waals surface area contributed by atoms with Gasteiger partial charge >= 0.3 is 5.97 Å². The van der Waals surface area contributed by atoms with Gasteiger partial charge < -0.3 is 5.11 Å². The van der Waals surface area contributed by atoms with E-state index in [9.17, 15) is 9.18 Å². The van der Waals surface area contributed by atoms with Crippen molar-refractivity contribution in [2.24, 2.45) is 5.92 Å². The Bertz CT molecular complexity index is 203. The summed E-state index contributed by atoms with van der Waals surface area (Å²) in [5.74, 6) is -0.279. The van der Waals surface area contributed by atoms with Crippen molar-refractivity contribution in [2.75, 3.05) is 19.8 Å². The SMILES string of the molecule is CCC(C(=O)O)N1CCC(CCF)CC1. The molecule has 1 saturated heterocycles. The predicted octanol–water partition coefficient (Wildman–Crippen LogP) is 1.92. The quantitative estimate of drug-likeness (QED) is 0.765. The fraction of sp³-hybridized carbons (Fsp3) is 0.909. The van der Waals surface area contributed by atoms with E-state index in [1.807, 2.05) is 11.8 Å². The molecule has 0 spiro atoms. The maximum atomic E-state index is 12.1. The number of halogens is 1. The van der Waals surface area contributed by atoms with Gasteiger partial charge in [0.25, 0.3) is 0 Å². The summed E-state index contributed by atoms with van der Waals surface area (Å²) in [5, 5.41) is 8.99. The molecule has 1 heterocycles. The lowest BCUT2D eigenvalue weighted by Crippen LogP contribution is -2.45. The molecule has 1 aliphatic rings. The minimum Gasteiger partial charge on any atom is -0.480 e. The second-order valence-electron chi connectivity index (χ2n) is 4.22. The van der Waals surface area contributed by atoms with Crippen molar-refractivity contribution in [1.82, 2.24) is 4.90 Å². The molecule has 1 atom stereocenters. The zero-order valence-electron chi connectivity index (χ0n) is 9.29. The summed E-state index contributed by atoms with van der Waals surface area (Å²) in [6.45, 7) is 3.25. The lowest BCUT2D eigenvalue weighted by atomic mass is 9.93. The minimum absolute atomic E-state index is 0.249. The highest BCUT2D eigenvalue weighted by atomic mass is 19.1. The molecular formula is C11H20FNO2. The molecule has 15 heavy (non-hydrogen) atoms. The molecule has 0 aliphatic carbocycles. The average Bonchev–Trinajstić information content (AvgIpc) is 2.21. The van der Waals surface area contributed by atoms with E-state index in [0.717, 1.165) is 25.9 Å². The number of hydrogen-bond donors (Lipinski definition) is 1. The molecule has 0 saturated carbocycles. The standard InChI is InChI=1S/C11H20FNO2/c1-2-10(11(14)15)13-7-4-9(3-6-12)5-8-13/h9-10H,2-8H2,1H3,(H,14,15). The molecule has 1 rings (SSSR count). The fourth-order valence-electron chi connectivity index (χ4n) is 2.30. The van der Waals surface area contributed by atoms with E-state index in [1.54, 1.807) is 0 Å². The van der Waals surface area contributed by atoms with Gasteiger partial charge in [0.05, 0.1) is 6.67 Å². The lowest BCUT2D eigenvalue weighted by molar-refractivity contribution is -0.144. The third-order valence-electron chi connectivity index (χ3n) is 3.28. The number of carboxylic acid groups (broad SMARTS) is 1. The number of aliphatic carboxylic acids is 1. The zero-order chi connectivity index (χ0) is 11.3. The van der Waals surface area contributed by atoms with Crippen LogP contribution in [-0.2, 0) is 4.79 Å². The number of carboxylic acids is 1. The molecule has 0 aromatic rings. The molecule has 0 amide bonds. The van der Waals surface area contributed by atoms with E-state index in [2.05, 4.69) is 0 Å². The van der Waals surface area contributed by atoms with Crippen LogP contribution in [0.15, 0.2) is 0 Å². The smallest absolute Gasteiger partial charge is 0.320 e. The molecule has 0 bridgehead atoms. The monoisotopic (exact) mass is 217 g/mol. The second kappa shape index (κ2) is 6.05. The molecular weight excluding hydrogens is 197 g/mol. The highest BCUT2D eigenvalue weighted by molar-refractivity contribution is 5.73. The number of likely N-dealkylation sites (tertiary alicyclic amines) is 1. The molecule has 1 N–H and O–H groups in total. The largest absolute Gasteiger partial charge is 0.480 e. The molecule has 0 aromatic carbocycles. The Labute approximate surface area is 90.3 Å². The van der Waals surface area contributed by atoms with Crippen LogP contribution in [0.3, 0.4) is 0 Å². The Hall–Kier alpha value is -0.640. The van der Waals surface area contributed by atoms with Crippen molar-refractivity contribution in [2.45, 2.75) is 38.6 Å². The van der Waals surface area contributed by atoms with Gasteiger partial charge in [-0.1, -0.05) is 6.92 Å². The van der Waals surface area contributed by atoms with Crippen molar-refractivity contribution in [3.63, 3.8) is 0 Å². The molecule has 0 aromatic heterocycles. The van der Waals surface area contributed by atoms with E-state index in [1.165, 1.54) is 0 Å². The summed E-state index contributed by atoms with van der Waals surface area (Å²) in [6, 6.07) is -0.351. The van der Waals surface area contributed by atoms with Crippen LogP contribution in [-0.4, -0.2) is 41.8 Å². The van der Waals surface area contributed by atoms with Gasteiger partial charge in [-0.2, -0.15) is 0 Å². The van der Waals surface area contributed by atoms with Gasteiger partial charge in [0, 0.05) is 0 Å². The maximum Gasteiger partial charge on any atom is 0.320 e. The Balaban J connectivity index is 2.38. The number of piperidine rings is 1. The molecule has 3 nitrogen and oxygen atoms in total. The van der Waals surface area contributed by atoms with Crippen LogP contribution in [0, 0.1) is 5.92 Å². The van der Waals surface area contributed by atoms with Gasteiger partial charge in [0.15, 0.2) is 0 Å². The van der Waals surface area contributed by atoms with Crippen LogP contribution >= 0.6 is 0 Å². The van der Waals surface area contributed by atoms with Crippen molar-refractivity contribution < 1.29 is 14.3 Å². The van der Waals surface area contributed by atoms with Gasteiger partial charge in [-0.3, -0.25) is 14.1 Å². The molecule has 1 fully saturated rings. The number of alkyl halides is 1. The van der Waals surface area contributed by atoms with Crippen LogP contribution in [0.25, 0.3) is 0 Å². The predicted molar refractivity (Wildman–Crippen MR) is 56.6 cm³/mol. The van der Waals surface area contributed by atoms with E-state index in [0.29, 0.717) is 18.8 Å². The maximum absolute atomic E-state index is 12.1. The van der Waals surface area contributed by atoms with Crippen LogP contribution in [0.2, 0.25) is 0 Å². The average molecular weight is 217 g/mol. The summed E-state index contributed by atoms with van der Waals surface area (Å²) < 4.78 is 12.1. The third-order valence-corrected chi connectivity index (χ3v) is 3.28. The summed E-state index contributed by atoms with van der Waals surface area (Å²) in [6.07, 6.45) is 3.15. The van der Waals surface area contributed by atoms with Gasteiger partial charge in [-0.05, 0) is 44.7 Å². The normalized spacial score (nSPS) is 21.5. The van der Waals surface area contributed by atoms with Crippen LogP contribution in [0.4, 0.5) is 4.39 Å². The van der Waals surface area contributed by atoms with E-state index >= 15 is 0 Å². The third kappa shape index (κ3) is 3.45. The van der Waals surface area contributed by atoms with Crippen molar-refractivity contribution in [1.29, 1.82) is 0 Å². The molecule has 4 heteroatoms. The van der Waals surface area contributed by atoms with Crippen LogP contribution in [0.5, 0.6) is 0 Å². The first-order valence-corrected chi connectivity index (χ1v) is 5.71. The van der Waals surface area contributed by atoms with Gasteiger partial charge in [0.1, 0.15) is 6.04 Å². The zero-order valence-corrected chi connectivity index (χ0v) is 9.29. The first kappa shape index (κ1) is 12.4. The van der Waals surface area contributed by atoms with Crippen LogP contribution in [0.1, 0.15) is 32.6 Å². The summed E-state index contributed by atoms with van der Waals surface area (Å²) in [7, 11) is 0. The second-order valence-corrected chi connectivity index (χ2v) is 4.22. The number of nitrogens with zero attached hydrogens (tertiary/aromatic N) is 1. The summed E-state index contributed by atoms with van der Waals surface area (Å²) >= 11 is 0. The number of rotatable bonds is 5. The van der Waals surface area contributed by atoms with Crippen molar-refractivity contribution in [3.8, 4) is 0 Å². The van der Waals surface area contributed by atoms with Crippen LogP contribution < -0.4 is 0 Å². The molecule has 1 unspecified atom stereocenters. The van der Waals surface area contributed by atoms with Gasteiger partial charge in [0.2, 0.25) is 0 Å². The summed E-state index contributed by atoms with van der Waals surface area (Å²) in [5.41, 5.74) is 0. The van der Waals surface area contributed by atoms with Crippen molar-refractivity contribution in [3.05, 3.63) is 0 Å². The first-order chi connectivity index (χ1) is 7.19. The number of carbonyl (C=O) groups is 1. The highest BCUT2D eigenvalue weighted by Gasteiger charge is 2.27. The van der Waals surface area contributed by atoms with Gasteiger partial charge in [-0.25, -0.2) is 0 Å². The molecule has 0 radical (unpaired) electrons. The Kier molecular flexibility index (Phi) is 5.02. The Morgan fingerprint density at radius 2 is 2.13 bits per heavy atom. The van der Waals surface area contributed by atoms with E-state index in [4.69, 9.17) is 5.11 Å². The van der Waals surface area contributed by atoms with E-state index < -0.39 is 5.97 Å². The van der Waals surface area contributed by atoms with E-state index in [-0.39, 0.29) is 12.7 Å². The minimum atomic E-state index is -0.735. The Morgan fingerprint density at radius 1 is 1.53 bits per heavy atom. The van der Waals surface area contributed by atoms with Crippen molar-refractivity contribution >= 4 is 5.97 Å². The number of hydrogen-bond acceptors (Lipinski definition) is 2. The summed E-state index contributed by atoms with van der Waals surface area (Å²) in [4.78, 5) is 12.9.